The quantitative estimate of drug-likeness (QED) is 0.688. The van der Waals surface area contributed by atoms with E-state index in [2.05, 4.69) is 26.0 Å². The summed E-state index contributed by atoms with van der Waals surface area (Å²) in [6.45, 7) is 2.71. The summed E-state index contributed by atoms with van der Waals surface area (Å²) in [6.07, 6.45) is -4.77. The smallest absolute Gasteiger partial charge is 0.505 e. The first-order chi connectivity index (χ1) is 12.8. The average molecular weight is 449 g/mol. The first-order valence-corrected chi connectivity index (χ1v) is 9.03. The Bertz CT molecular complexity index is 793. The van der Waals surface area contributed by atoms with Gasteiger partial charge in [0.2, 0.25) is 0 Å². The maximum absolute atomic E-state index is 14.2. The molecule has 0 aromatic heterocycles. The SMILES string of the molecule is Oc1c([C@@H](c2ccc(OC(F)(F)F)cc2)N2CCNCC2)ccc(Br)c1F. The molecule has 0 unspecified atom stereocenters. The van der Waals surface area contributed by atoms with E-state index in [9.17, 15) is 22.7 Å². The van der Waals surface area contributed by atoms with Crippen molar-refractivity contribution in [1.82, 2.24) is 10.2 Å². The maximum atomic E-state index is 14.2. The van der Waals surface area contributed by atoms with Crippen molar-refractivity contribution in [3.05, 3.63) is 57.8 Å². The predicted octanol–water partition coefficient (Wildman–Crippen LogP) is 4.19. The number of hydrogen-bond donors (Lipinski definition) is 2. The van der Waals surface area contributed by atoms with E-state index in [1.807, 2.05) is 4.90 Å². The second-order valence-corrected chi connectivity index (χ2v) is 6.96. The Morgan fingerprint density at radius 2 is 1.70 bits per heavy atom. The zero-order valence-corrected chi connectivity index (χ0v) is 15.6. The maximum Gasteiger partial charge on any atom is 0.573 e. The van der Waals surface area contributed by atoms with Gasteiger partial charge in [0.15, 0.2) is 11.6 Å². The molecule has 2 N–H and O–H groups in total. The van der Waals surface area contributed by atoms with E-state index in [-0.39, 0.29) is 10.2 Å². The van der Waals surface area contributed by atoms with Crippen LogP contribution in [0.2, 0.25) is 0 Å². The number of hydrogen-bond acceptors (Lipinski definition) is 4. The average Bonchev–Trinajstić information content (AvgIpc) is 2.63. The Morgan fingerprint density at radius 3 is 2.30 bits per heavy atom. The van der Waals surface area contributed by atoms with Gasteiger partial charge in [0.25, 0.3) is 0 Å². The third kappa shape index (κ3) is 4.72. The van der Waals surface area contributed by atoms with Gasteiger partial charge in [-0.2, -0.15) is 0 Å². The number of benzene rings is 2. The van der Waals surface area contributed by atoms with Crippen molar-refractivity contribution < 1.29 is 27.4 Å². The van der Waals surface area contributed by atoms with Crippen molar-refractivity contribution in [2.75, 3.05) is 26.2 Å². The predicted molar refractivity (Wildman–Crippen MR) is 95.2 cm³/mol. The van der Waals surface area contributed by atoms with E-state index in [0.717, 1.165) is 0 Å². The van der Waals surface area contributed by atoms with Crippen LogP contribution in [0.15, 0.2) is 40.9 Å². The number of phenolic OH excluding ortho intramolecular Hbond substituents is 1. The summed E-state index contributed by atoms with van der Waals surface area (Å²) >= 11 is 3.04. The molecule has 0 saturated carbocycles. The molecular weight excluding hydrogens is 432 g/mol. The molecule has 3 rings (SSSR count). The van der Waals surface area contributed by atoms with Crippen LogP contribution in [0, 0.1) is 5.82 Å². The van der Waals surface area contributed by atoms with Gasteiger partial charge in [0.1, 0.15) is 5.75 Å². The largest absolute Gasteiger partial charge is 0.573 e. The summed E-state index contributed by atoms with van der Waals surface area (Å²) in [5.41, 5.74) is 0.977. The van der Waals surface area contributed by atoms with Gasteiger partial charge in [-0.1, -0.05) is 18.2 Å². The molecule has 1 saturated heterocycles. The van der Waals surface area contributed by atoms with E-state index in [4.69, 9.17) is 0 Å². The van der Waals surface area contributed by atoms with Gasteiger partial charge in [-0.15, -0.1) is 13.2 Å². The minimum atomic E-state index is -4.77. The van der Waals surface area contributed by atoms with Crippen LogP contribution in [0.4, 0.5) is 17.6 Å². The zero-order chi connectivity index (χ0) is 19.6. The van der Waals surface area contributed by atoms with Gasteiger partial charge in [0.05, 0.1) is 10.5 Å². The Labute approximate surface area is 161 Å². The Balaban J connectivity index is 1.99. The van der Waals surface area contributed by atoms with Crippen molar-refractivity contribution in [3.63, 3.8) is 0 Å². The van der Waals surface area contributed by atoms with Crippen LogP contribution in [0.1, 0.15) is 17.2 Å². The lowest BCUT2D eigenvalue weighted by Gasteiger charge is -2.36. The van der Waals surface area contributed by atoms with Crippen molar-refractivity contribution in [2.45, 2.75) is 12.4 Å². The van der Waals surface area contributed by atoms with Crippen molar-refractivity contribution in [3.8, 4) is 11.5 Å². The molecule has 0 radical (unpaired) electrons. The van der Waals surface area contributed by atoms with Gasteiger partial charge in [-0.05, 0) is 39.7 Å². The summed E-state index contributed by atoms with van der Waals surface area (Å²) in [5.74, 6) is -1.59. The van der Waals surface area contributed by atoms with Gasteiger partial charge >= 0.3 is 6.36 Å². The monoisotopic (exact) mass is 448 g/mol. The molecule has 1 fully saturated rings. The zero-order valence-electron chi connectivity index (χ0n) is 14.1. The van der Waals surface area contributed by atoms with E-state index in [1.54, 1.807) is 6.07 Å². The number of rotatable bonds is 4. The fourth-order valence-corrected chi connectivity index (χ4v) is 3.47. The van der Waals surface area contributed by atoms with Crippen LogP contribution in [0.5, 0.6) is 11.5 Å². The van der Waals surface area contributed by atoms with Crippen LogP contribution in [-0.2, 0) is 0 Å². The van der Waals surface area contributed by atoms with E-state index >= 15 is 0 Å². The summed E-state index contributed by atoms with van der Waals surface area (Å²) in [5, 5.41) is 13.5. The first-order valence-electron chi connectivity index (χ1n) is 8.23. The number of nitrogens with zero attached hydrogens (tertiary/aromatic N) is 1. The molecule has 4 nitrogen and oxygen atoms in total. The number of piperazine rings is 1. The first kappa shape index (κ1) is 19.9. The molecular formula is C18H17BrF4N2O2. The van der Waals surface area contributed by atoms with Gasteiger partial charge in [-0.3, -0.25) is 4.90 Å². The highest BCUT2D eigenvalue weighted by Crippen LogP contribution is 2.38. The van der Waals surface area contributed by atoms with E-state index in [0.29, 0.717) is 37.3 Å². The summed E-state index contributed by atoms with van der Waals surface area (Å²) in [6, 6.07) is 8.01. The number of ether oxygens (including phenoxy) is 1. The minimum absolute atomic E-state index is 0.136. The Morgan fingerprint density at radius 1 is 1.07 bits per heavy atom. The fourth-order valence-electron chi connectivity index (χ4n) is 3.15. The Kier molecular flexibility index (Phi) is 5.92. The molecule has 27 heavy (non-hydrogen) atoms. The lowest BCUT2D eigenvalue weighted by molar-refractivity contribution is -0.274. The van der Waals surface area contributed by atoms with Gasteiger partial charge < -0.3 is 15.2 Å². The molecule has 0 spiro atoms. The highest BCUT2D eigenvalue weighted by molar-refractivity contribution is 9.10. The molecule has 9 heteroatoms. The number of halogens is 5. The molecule has 1 heterocycles. The molecule has 1 atom stereocenters. The number of alkyl halides is 3. The summed E-state index contributed by atoms with van der Waals surface area (Å²) < 4.78 is 55.4. The molecule has 0 amide bonds. The number of phenols is 1. The molecule has 2 aromatic carbocycles. The fraction of sp³-hybridized carbons (Fsp3) is 0.333. The van der Waals surface area contributed by atoms with Crippen LogP contribution < -0.4 is 10.1 Å². The van der Waals surface area contributed by atoms with Crippen molar-refractivity contribution in [1.29, 1.82) is 0 Å². The standard InChI is InChI=1S/C18H17BrF4N2O2/c19-14-6-5-13(17(26)15(14)20)16(25-9-7-24-8-10-25)11-1-3-12(4-2-11)27-18(21,22)23/h1-6,16,24,26H,7-10H2/t16-/m1/s1. The molecule has 1 aliphatic heterocycles. The van der Waals surface area contributed by atoms with Crippen molar-refractivity contribution >= 4 is 15.9 Å². The van der Waals surface area contributed by atoms with Gasteiger partial charge in [-0.25, -0.2) is 4.39 Å². The molecule has 0 bridgehead atoms. The second kappa shape index (κ2) is 8.04. The van der Waals surface area contributed by atoms with Crippen molar-refractivity contribution in [2.24, 2.45) is 0 Å². The normalized spacial score (nSPS) is 16.9. The highest BCUT2D eigenvalue weighted by Gasteiger charge is 2.32. The number of aromatic hydroxyl groups is 1. The minimum Gasteiger partial charge on any atom is -0.505 e. The van der Waals surface area contributed by atoms with Crippen LogP contribution >= 0.6 is 15.9 Å². The van der Waals surface area contributed by atoms with Gasteiger partial charge in [0, 0.05) is 31.7 Å². The Hall–Kier alpha value is -1.84. The summed E-state index contributed by atoms with van der Waals surface area (Å²) in [4.78, 5) is 2.04. The molecule has 1 aliphatic rings. The van der Waals surface area contributed by atoms with Crippen LogP contribution in [0.3, 0.4) is 0 Å². The van der Waals surface area contributed by atoms with Crippen LogP contribution in [0.25, 0.3) is 0 Å². The lowest BCUT2D eigenvalue weighted by Crippen LogP contribution is -2.45. The molecule has 0 aliphatic carbocycles. The third-order valence-electron chi connectivity index (χ3n) is 4.34. The van der Waals surface area contributed by atoms with Crippen LogP contribution in [-0.4, -0.2) is 42.5 Å². The lowest BCUT2D eigenvalue weighted by atomic mass is 9.95. The van der Waals surface area contributed by atoms with E-state index < -0.39 is 24.0 Å². The molecule has 146 valence electrons. The molecule has 2 aromatic rings. The van der Waals surface area contributed by atoms with E-state index in [1.165, 1.54) is 30.3 Å². The number of nitrogens with one attached hydrogen (secondary N) is 1. The third-order valence-corrected chi connectivity index (χ3v) is 4.95. The second-order valence-electron chi connectivity index (χ2n) is 6.10. The highest BCUT2D eigenvalue weighted by atomic mass is 79.9. The summed E-state index contributed by atoms with van der Waals surface area (Å²) in [7, 11) is 0. The topological polar surface area (TPSA) is 44.7 Å².